The third-order valence-electron chi connectivity index (χ3n) is 4.53. The maximum Gasteiger partial charge on any atom is 0.256 e. The first-order valence-corrected chi connectivity index (χ1v) is 9.30. The first-order chi connectivity index (χ1) is 14.1. The van der Waals surface area contributed by atoms with Crippen molar-refractivity contribution in [1.29, 1.82) is 0 Å². The Labute approximate surface area is 172 Å². The number of nitrogens with zero attached hydrogens (tertiary/aromatic N) is 5. The predicted octanol–water partition coefficient (Wildman–Crippen LogP) is 4.27. The zero-order valence-corrected chi connectivity index (χ0v) is 16.1. The van der Waals surface area contributed by atoms with E-state index >= 15 is 0 Å². The lowest BCUT2D eigenvalue weighted by atomic mass is 10.1. The normalized spacial score (nSPS) is 10.6. The van der Waals surface area contributed by atoms with Crippen LogP contribution < -0.4 is 5.56 Å². The largest absolute Gasteiger partial charge is 0.330 e. The molecule has 0 radical (unpaired) electrons. The Morgan fingerprint density at radius 3 is 2.62 bits per heavy atom. The highest BCUT2D eigenvalue weighted by atomic mass is 35.5. The Kier molecular flexibility index (Phi) is 5.23. The van der Waals surface area contributed by atoms with E-state index in [1.54, 1.807) is 36.8 Å². The van der Waals surface area contributed by atoms with Crippen LogP contribution in [0.4, 0.5) is 5.69 Å². The summed E-state index contributed by atoms with van der Waals surface area (Å²) in [5, 5.41) is 0.339. The van der Waals surface area contributed by atoms with E-state index in [9.17, 15) is 4.79 Å². The van der Waals surface area contributed by atoms with Crippen molar-refractivity contribution in [1.82, 2.24) is 19.1 Å². The standard InChI is InChI=1S/C22H16ClN5O/c1-24-18-7-5-16(6-8-18)11-19-13-25-15-27(19)14-17-9-10-28(22(29)12-17)21-4-2-3-20(23)26-21/h2-10,12-13,15H,11,14H2. The van der Waals surface area contributed by atoms with Crippen LogP contribution in [0.2, 0.25) is 5.15 Å². The van der Waals surface area contributed by atoms with Gasteiger partial charge in [0, 0.05) is 37.1 Å². The van der Waals surface area contributed by atoms with Crippen molar-refractivity contribution in [3.05, 3.63) is 117 Å². The van der Waals surface area contributed by atoms with Crippen molar-refractivity contribution in [2.75, 3.05) is 0 Å². The van der Waals surface area contributed by atoms with Gasteiger partial charge in [-0.05, 0) is 29.3 Å². The molecule has 3 aromatic heterocycles. The number of halogens is 1. The number of hydrogen-bond acceptors (Lipinski definition) is 3. The number of rotatable bonds is 5. The van der Waals surface area contributed by atoms with E-state index < -0.39 is 0 Å². The molecule has 0 aliphatic heterocycles. The summed E-state index contributed by atoms with van der Waals surface area (Å²) in [6.07, 6.45) is 5.98. The quantitative estimate of drug-likeness (QED) is 0.370. The van der Waals surface area contributed by atoms with Crippen molar-refractivity contribution in [3.8, 4) is 5.82 Å². The fourth-order valence-electron chi connectivity index (χ4n) is 3.07. The Morgan fingerprint density at radius 2 is 1.90 bits per heavy atom. The highest BCUT2D eigenvalue weighted by Crippen LogP contribution is 2.16. The van der Waals surface area contributed by atoms with Gasteiger partial charge in [0.05, 0.1) is 12.9 Å². The van der Waals surface area contributed by atoms with Gasteiger partial charge >= 0.3 is 0 Å². The van der Waals surface area contributed by atoms with Gasteiger partial charge in [0.25, 0.3) is 5.56 Å². The minimum Gasteiger partial charge on any atom is -0.330 e. The van der Waals surface area contributed by atoms with E-state index in [1.807, 2.05) is 41.1 Å². The van der Waals surface area contributed by atoms with Crippen molar-refractivity contribution < 1.29 is 0 Å². The molecule has 0 atom stereocenters. The lowest BCUT2D eigenvalue weighted by Gasteiger charge is -2.10. The van der Waals surface area contributed by atoms with Crippen LogP contribution in [0.5, 0.6) is 0 Å². The molecule has 0 aliphatic rings. The van der Waals surface area contributed by atoms with Gasteiger partial charge in [-0.1, -0.05) is 41.9 Å². The zero-order chi connectivity index (χ0) is 20.2. The molecular weight excluding hydrogens is 386 g/mol. The van der Waals surface area contributed by atoms with E-state index in [2.05, 4.69) is 14.8 Å². The summed E-state index contributed by atoms with van der Waals surface area (Å²) in [7, 11) is 0. The van der Waals surface area contributed by atoms with Gasteiger partial charge in [-0.2, -0.15) is 0 Å². The van der Waals surface area contributed by atoms with Crippen LogP contribution in [0, 0.1) is 6.57 Å². The minimum absolute atomic E-state index is 0.173. The van der Waals surface area contributed by atoms with Crippen LogP contribution in [-0.2, 0) is 13.0 Å². The van der Waals surface area contributed by atoms with Crippen molar-refractivity contribution in [2.24, 2.45) is 0 Å². The second-order valence-electron chi connectivity index (χ2n) is 6.53. The molecule has 0 saturated carbocycles. The molecule has 0 spiro atoms. The molecule has 0 saturated heterocycles. The van der Waals surface area contributed by atoms with Crippen molar-refractivity contribution >= 4 is 17.3 Å². The number of imidazole rings is 1. The molecule has 1 aromatic carbocycles. The van der Waals surface area contributed by atoms with Crippen LogP contribution in [0.25, 0.3) is 10.7 Å². The van der Waals surface area contributed by atoms with Crippen LogP contribution in [0.15, 0.2) is 78.1 Å². The maximum atomic E-state index is 12.5. The topological polar surface area (TPSA) is 57.1 Å². The highest BCUT2D eigenvalue weighted by Gasteiger charge is 2.07. The Hall–Kier alpha value is -3.69. The summed E-state index contributed by atoms with van der Waals surface area (Å²) in [6.45, 7) is 7.58. The number of benzene rings is 1. The summed E-state index contributed by atoms with van der Waals surface area (Å²) >= 11 is 5.92. The third kappa shape index (κ3) is 4.26. The molecule has 0 unspecified atom stereocenters. The molecule has 4 aromatic rings. The van der Waals surface area contributed by atoms with Crippen LogP contribution >= 0.6 is 11.6 Å². The zero-order valence-electron chi connectivity index (χ0n) is 15.4. The third-order valence-corrected chi connectivity index (χ3v) is 4.74. The molecule has 7 heteroatoms. The molecule has 29 heavy (non-hydrogen) atoms. The molecule has 4 rings (SSSR count). The van der Waals surface area contributed by atoms with E-state index in [-0.39, 0.29) is 5.56 Å². The predicted molar refractivity (Wildman–Crippen MR) is 112 cm³/mol. The fourth-order valence-corrected chi connectivity index (χ4v) is 3.23. The van der Waals surface area contributed by atoms with Gasteiger partial charge in [0.1, 0.15) is 11.0 Å². The molecule has 6 nitrogen and oxygen atoms in total. The molecule has 0 aliphatic carbocycles. The van der Waals surface area contributed by atoms with Crippen molar-refractivity contribution in [3.63, 3.8) is 0 Å². The van der Waals surface area contributed by atoms with E-state index in [0.717, 1.165) is 16.8 Å². The summed E-state index contributed by atoms with van der Waals surface area (Å²) in [5.41, 5.74) is 3.45. The van der Waals surface area contributed by atoms with Crippen LogP contribution in [0.3, 0.4) is 0 Å². The van der Waals surface area contributed by atoms with Gasteiger partial charge in [-0.3, -0.25) is 9.36 Å². The van der Waals surface area contributed by atoms with Gasteiger partial charge < -0.3 is 4.57 Å². The summed E-state index contributed by atoms with van der Waals surface area (Å²) in [5.74, 6) is 0.486. The molecular formula is C22H16ClN5O. The number of aromatic nitrogens is 4. The maximum absolute atomic E-state index is 12.5. The highest BCUT2D eigenvalue weighted by molar-refractivity contribution is 6.29. The van der Waals surface area contributed by atoms with Gasteiger partial charge in [0.15, 0.2) is 5.69 Å². The first-order valence-electron chi connectivity index (χ1n) is 8.92. The van der Waals surface area contributed by atoms with Crippen LogP contribution in [0.1, 0.15) is 16.8 Å². The molecule has 0 N–H and O–H groups in total. The van der Waals surface area contributed by atoms with Crippen LogP contribution in [-0.4, -0.2) is 19.1 Å². The monoisotopic (exact) mass is 401 g/mol. The summed E-state index contributed by atoms with van der Waals surface area (Å²) < 4.78 is 3.47. The first kappa shape index (κ1) is 18.7. The molecule has 142 valence electrons. The average molecular weight is 402 g/mol. The second-order valence-corrected chi connectivity index (χ2v) is 6.92. The number of pyridine rings is 2. The second kappa shape index (κ2) is 8.13. The minimum atomic E-state index is -0.173. The molecule has 3 heterocycles. The summed E-state index contributed by atoms with van der Waals surface area (Å²) in [6, 6.07) is 16.2. The van der Waals surface area contributed by atoms with E-state index in [4.69, 9.17) is 18.2 Å². The number of hydrogen-bond donors (Lipinski definition) is 0. The molecule has 0 bridgehead atoms. The van der Waals surface area contributed by atoms with Gasteiger partial charge in [0.2, 0.25) is 0 Å². The Morgan fingerprint density at radius 1 is 1.07 bits per heavy atom. The van der Waals surface area contributed by atoms with E-state index in [0.29, 0.717) is 29.6 Å². The summed E-state index contributed by atoms with van der Waals surface area (Å²) in [4.78, 5) is 24.4. The van der Waals surface area contributed by atoms with Gasteiger partial charge in [-0.25, -0.2) is 14.8 Å². The smallest absolute Gasteiger partial charge is 0.256 e. The van der Waals surface area contributed by atoms with Crippen molar-refractivity contribution in [2.45, 2.75) is 13.0 Å². The lowest BCUT2D eigenvalue weighted by molar-refractivity contribution is 0.748. The van der Waals surface area contributed by atoms with Gasteiger partial charge in [-0.15, -0.1) is 0 Å². The molecule has 0 amide bonds. The Bertz CT molecular complexity index is 1250. The fraction of sp³-hybridized carbons (Fsp3) is 0.0909. The molecule has 0 fully saturated rings. The lowest BCUT2D eigenvalue weighted by Crippen LogP contribution is -2.19. The van der Waals surface area contributed by atoms with E-state index in [1.165, 1.54) is 4.57 Å². The Balaban J connectivity index is 1.54. The SMILES string of the molecule is [C-]#[N+]c1ccc(Cc2cncn2Cc2ccn(-c3cccc(Cl)n3)c(=O)c2)cc1. The average Bonchev–Trinajstić information content (AvgIpc) is 3.15.